The zero-order valence-electron chi connectivity index (χ0n) is 16.6. The van der Waals surface area contributed by atoms with Crippen molar-refractivity contribution in [2.24, 2.45) is 0 Å². The van der Waals surface area contributed by atoms with Crippen molar-refractivity contribution in [1.29, 1.82) is 0 Å². The molecule has 0 aliphatic heterocycles. The molecule has 0 saturated carbocycles. The van der Waals surface area contributed by atoms with Crippen molar-refractivity contribution >= 4 is 23.3 Å². The molecular formula is C21H27N3O3. The van der Waals surface area contributed by atoms with Gasteiger partial charge in [0.25, 0.3) is 5.91 Å². The fourth-order valence-corrected chi connectivity index (χ4v) is 2.49. The Bertz CT molecular complexity index is 786. The molecule has 2 aromatic carbocycles. The minimum absolute atomic E-state index is 0.246. The van der Waals surface area contributed by atoms with Crippen molar-refractivity contribution in [2.75, 3.05) is 51.6 Å². The first-order valence-electron chi connectivity index (χ1n) is 8.72. The summed E-state index contributed by atoms with van der Waals surface area (Å²) < 4.78 is 5.18. The van der Waals surface area contributed by atoms with Crippen LogP contribution < -0.4 is 9.80 Å². The topological polar surface area (TPSA) is 53.1 Å². The van der Waals surface area contributed by atoms with Crippen LogP contribution in [0.15, 0.2) is 48.5 Å². The molecule has 0 aliphatic carbocycles. The lowest BCUT2D eigenvalue weighted by Crippen LogP contribution is -2.30. The van der Waals surface area contributed by atoms with Crippen LogP contribution in [0.25, 0.3) is 0 Å². The molecule has 2 rings (SSSR count). The van der Waals surface area contributed by atoms with E-state index >= 15 is 0 Å². The summed E-state index contributed by atoms with van der Waals surface area (Å²) in [6, 6.07) is 15.1. The number of nitrogens with zero attached hydrogens (tertiary/aromatic N) is 3. The molecular weight excluding hydrogens is 342 g/mol. The highest BCUT2D eigenvalue weighted by atomic mass is 16.5. The summed E-state index contributed by atoms with van der Waals surface area (Å²) in [7, 11) is 9.45. The Hall–Kier alpha value is -3.02. The molecule has 6 heteroatoms. The molecule has 0 aliphatic rings. The first kappa shape index (κ1) is 20.3. The Kier molecular flexibility index (Phi) is 6.82. The Morgan fingerprint density at radius 2 is 1.48 bits per heavy atom. The monoisotopic (exact) mass is 369 g/mol. The van der Waals surface area contributed by atoms with Gasteiger partial charge in [0.2, 0.25) is 0 Å². The quantitative estimate of drug-likeness (QED) is 0.703. The summed E-state index contributed by atoms with van der Waals surface area (Å²) in [5.41, 5.74) is 3.44. The lowest BCUT2D eigenvalue weighted by Gasteiger charge is -2.18. The van der Waals surface area contributed by atoms with Gasteiger partial charge in [-0.05, 0) is 35.9 Å². The number of carbonyl (C=O) groups is 2. The zero-order chi connectivity index (χ0) is 20.0. The fraction of sp³-hybridized carbons (Fsp3) is 0.333. The third kappa shape index (κ3) is 5.74. The van der Waals surface area contributed by atoms with Crippen LogP contribution in [0.4, 0.5) is 11.4 Å². The summed E-state index contributed by atoms with van der Waals surface area (Å²) in [6.45, 7) is 0.178. The molecule has 0 spiro atoms. The van der Waals surface area contributed by atoms with Gasteiger partial charge in [0, 0.05) is 53.2 Å². The first-order valence-corrected chi connectivity index (χ1v) is 8.72. The van der Waals surface area contributed by atoms with Crippen LogP contribution in [-0.4, -0.2) is 58.6 Å². The molecule has 144 valence electrons. The summed E-state index contributed by atoms with van der Waals surface area (Å²) >= 11 is 0. The fourth-order valence-electron chi connectivity index (χ4n) is 2.49. The number of esters is 1. The van der Waals surface area contributed by atoms with Gasteiger partial charge in [0.15, 0.2) is 6.61 Å². The van der Waals surface area contributed by atoms with E-state index in [-0.39, 0.29) is 12.5 Å². The molecule has 0 radical (unpaired) electrons. The van der Waals surface area contributed by atoms with Gasteiger partial charge >= 0.3 is 5.97 Å². The predicted octanol–water partition coefficient (Wildman–Crippen LogP) is 2.63. The molecule has 2 aromatic rings. The number of ether oxygens (including phenoxy) is 1. The number of carbonyl (C=O) groups excluding carboxylic acids is 2. The van der Waals surface area contributed by atoms with Gasteiger partial charge in [-0.2, -0.15) is 0 Å². The third-order valence-corrected chi connectivity index (χ3v) is 4.22. The van der Waals surface area contributed by atoms with Gasteiger partial charge < -0.3 is 19.4 Å². The second-order valence-electron chi connectivity index (χ2n) is 6.83. The SMILES string of the molecule is CN(Cc1ccc(N(C)C)cc1)C(=O)COC(=O)c1cccc(N(C)C)c1. The lowest BCUT2D eigenvalue weighted by atomic mass is 10.2. The van der Waals surface area contributed by atoms with Crippen molar-refractivity contribution in [3.05, 3.63) is 59.7 Å². The molecule has 0 bridgehead atoms. The molecule has 0 fully saturated rings. The maximum Gasteiger partial charge on any atom is 0.338 e. The second kappa shape index (κ2) is 9.07. The Morgan fingerprint density at radius 3 is 2.07 bits per heavy atom. The molecule has 0 heterocycles. The lowest BCUT2D eigenvalue weighted by molar-refractivity contribution is -0.133. The van der Waals surface area contributed by atoms with E-state index < -0.39 is 5.97 Å². The van der Waals surface area contributed by atoms with E-state index in [0.29, 0.717) is 12.1 Å². The van der Waals surface area contributed by atoms with Gasteiger partial charge in [0.05, 0.1) is 5.56 Å². The van der Waals surface area contributed by atoms with Crippen LogP contribution in [-0.2, 0) is 16.1 Å². The van der Waals surface area contributed by atoms with E-state index in [2.05, 4.69) is 0 Å². The van der Waals surface area contributed by atoms with Crippen LogP contribution in [0.3, 0.4) is 0 Å². The van der Waals surface area contributed by atoms with Crippen LogP contribution in [0.1, 0.15) is 15.9 Å². The van der Waals surface area contributed by atoms with Crippen molar-refractivity contribution in [1.82, 2.24) is 4.90 Å². The Balaban J connectivity index is 1.88. The van der Waals surface area contributed by atoms with E-state index in [1.807, 2.05) is 68.3 Å². The number of hydrogen-bond acceptors (Lipinski definition) is 5. The van der Waals surface area contributed by atoms with Crippen molar-refractivity contribution < 1.29 is 14.3 Å². The summed E-state index contributed by atoms with van der Waals surface area (Å²) in [5.74, 6) is -0.750. The largest absolute Gasteiger partial charge is 0.452 e. The predicted molar refractivity (Wildman–Crippen MR) is 108 cm³/mol. The van der Waals surface area contributed by atoms with E-state index in [0.717, 1.165) is 16.9 Å². The second-order valence-corrected chi connectivity index (χ2v) is 6.83. The Morgan fingerprint density at radius 1 is 0.852 bits per heavy atom. The van der Waals surface area contributed by atoms with Crippen LogP contribution >= 0.6 is 0 Å². The molecule has 27 heavy (non-hydrogen) atoms. The standard InChI is InChI=1S/C21H27N3O3/c1-22(2)18-11-9-16(10-12-18)14-24(5)20(25)15-27-21(26)17-7-6-8-19(13-17)23(3)4/h6-13H,14-15H2,1-5H3. The smallest absolute Gasteiger partial charge is 0.338 e. The van der Waals surface area contributed by atoms with E-state index in [9.17, 15) is 9.59 Å². The number of anilines is 2. The summed E-state index contributed by atoms with van der Waals surface area (Å²) in [6.07, 6.45) is 0. The minimum atomic E-state index is -0.504. The molecule has 0 saturated heterocycles. The average molecular weight is 369 g/mol. The molecule has 0 atom stereocenters. The highest BCUT2D eigenvalue weighted by molar-refractivity contribution is 5.92. The van der Waals surface area contributed by atoms with Gasteiger partial charge in [-0.3, -0.25) is 4.79 Å². The summed E-state index contributed by atoms with van der Waals surface area (Å²) in [4.78, 5) is 29.9. The van der Waals surface area contributed by atoms with E-state index in [1.165, 1.54) is 0 Å². The van der Waals surface area contributed by atoms with Crippen LogP contribution in [0, 0.1) is 0 Å². The minimum Gasteiger partial charge on any atom is -0.452 e. The number of likely N-dealkylation sites (N-methyl/N-ethyl adjacent to an activating group) is 1. The Labute approximate surface area is 160 Å². The summed E-state index contributed by atoms with van der Waals surface area (Å²) in [5, 5.41) is 0. The van der Waals surface area contributed by atoms with Crippen molar-refractivity contribution in [2.45, 2.75) is 6.54 Å². The van der Waals surface area contributed by atoms with Crippen LogP contribution in [0.2, 0.25) is 0 Å². The van der Waals surface area contributed by atoms with Gasteiger partial charge in [-0.15, -0.1) is 0 Å². The number of amides is 1. The maximum atomic E-state index is 12.3. The number of benzene rings is 2. The number of rotatable bonds is 7. The maximum absolute atomic E-state index is 12.3. The highest BCUT2D eigenvalue weighted by Gasteiger charge is 2.14. The molecule has 0 unspecified atom stereocenters. The van der Waals surface area contributed by atoms with E-state index in [4.69, 9.17) is 4.74 Å². The van der Waals surface area contributed by atoms with Crippen molar-refractivity contribution in [3.8, 4) is 0 Å². The third-order valence-electron chi connectivity index (χ3n) is 4.22. The molecule has 0 N–H and O–H groups in total. The first-order chi connectivity index (χ1) is 12.8. The molecule has 6 nitrogen and oxygen atoms in total. The van der Waals surface area contributed by atoms with Crippen LogP contribution in [0.5, 0.6) is 0 Å². The van der Waals surface area contributed by atoms with E-state index in [1.54, 1.807) is 30.1 Å². The van der Waals surface area contributed by atoms with Gasteiger partial charge in [-0.25, -0.2) is 4.79 Å². The number of hydrogen-bond donors (Lipinski definition) is 0. The normalized spacial score (nSPS) is 10.3. The highest BCUT2D eigenvalue weighted by Crippen LogP contribution is 2.15. The molecule has 1 amide bonds. The average Bonchev–Trinajstić information content (AvgIpc) is 2.66. The zero-order valence-corrected chi connectivity index (χ0v) is 16.6. The van der Waals surface area contributed by atoms with Gasteiger partial charge in [0.1, 0.15) is 0 Å². The molecule has 0 aromatic heterocycles. The van der Waals surface area contributed by atoms with Gasteiger partial charge in [-0.1, -0.05) is 18.2 Å². The van der Waals surface area contributed by atoms with Crippen molar-refractivity contribution in [3.63, 3.8) is 0 Å².